The van der Waals surface area contributed by atoms with Crippen molar-refractivity contribution in [3.8, 4) is 0 Å². The average Bonchev–Trinajstić information content (AvgIpc) is 2.62. The molecule has 0 spiro atoms. The molecule has 15 heavy (non-hydrogen) atoms. The van der Waals surface area contributed by atoms with E-state index >= 15 is 0 Å². The highest BCUT2D eigenvalue weighted by Crippen LogP contribution is 2.13. The SMILES string of the molecule is Cc1ccc(/C=N/c2cccc(F)c2)o1. The summed E-state index contributed by atoms with van der Waals surface area (Å²) in [6.07, 6.45) is 1.57. The number of aliphatic imine (C=N–C) groups is 1. The molecule has 0 unspecified atom stereocenters. The maximum Gasteiger partial charge on any atom is 0.145 e. The van der Waals surface area contributed by atoms with Gasteiger partial charge < -0.3 is 4.42 Å². The zero-order valence-electron chi connectivity index (χ0n) is 8.27. The van der Waals surface area contributed by atoms with E-state index in [9.17, 15) is 4.39 Å². The fourth-order valence-electron chi connectivity index (χ4n) is 1.22. The van der Waals surface area contributed by atoms with Crippen LogP contribution in [0.3, 0.4) is 0 Å². The first-order valence-corrected chi connectivity index (χ1v) is 4.60. The Morgan fingerprint density at radius 1 is 1.27 bits per heavy atom. The van der Waals surface area contributed by atoms with Crippen molar-refractivity contribution in [3.63, 3.8) is 0 Å². The van der Waals surface area contributed by atoms with E-state index in [1.807, 2.05) is 19.1 Å². The Morgan fingerprint density at radius 3 is 2.80 bits per heavy atom. The first-order chi connectivity index (χ1) is 7.24. The number of nitrogens with zero attached hydrogens (tertiary/aromatic N) is 1. The molecule has 2 rings (SSSR count). The van der Waals surface area contributed by atoms with Crippen molar-refractivity contribution >= 4 is 11.9 Å². The van der Waals surface area contributed by atoms with Crippen LogP contribution in [0.2, 0.25) is 0 Å². The molecule has 0 aliphatic carbocycles. The summed E-state index contributed by atoms with van der Waals surface area (Å²) in [5.41, 5.74) is 0.573. The molecule has 0 aliphatic rings. The summed E-state index contributed by atoms with van der Waals surface area (Å²) in [7, 11) is 0. The quantitative estimate of drug-likeness (QED) is 0.686. The molecule has 0 bridgehead atoms. The first kappa shape index (κ1) is 9.65. The summed E-state index contributed by atoms with van der Waals surface area (Å²) in [6, 6.07) is 9.78. The van der Waals surface area contributed by atoms with E-state index in [0.717, 1.165) is 5.76 Å². The Bertz CT molecular complexity index is 488. The predicted octanol–water partition coefficient (Wildman–Crippen LogP) is 3.48. The lowest BCUT2D eigenvalue weighted by atomic mass is 10.3. The van der Waals surface area contributed by atoms with E-state index in [4.69, 9.17) is 4.42 Å². The lowest BCUT2D eigenvalue weighted by Gasteiger charge is -1.91. The molecule has 76 valence electrons. The summed E-state index contributed by atoms with van der Waals surface area (Å²) in [4.78, 5) is 4.09. The van der Waals surface area contributed by atoms with Gasteiger partial charge in [0.1, 0.15) is 17.3 Å². The van der Waals surface area contributed by atoms with Crippen LogP contribution in [0.15, 0.2) is 45.8 Å². The zero-order valence-corrected chi connectivity index (χ0v) is 8.27. The zero-order chi connectivity index (χ0) is 10.7. The van der Waals surface area contributed by atoms with Gasteiger partial charge >= 0.3 is 0 Å². The molecule has 0 fully saturated rings. The minimum atomic E-state index is -0.291. The highest BCUT2D eigenvalue weighted by atomic mass is 19.1. The van der Waals surface area contributed by atoms with Crippen molar-refractivity contribution in [2.24, 2.45) is 4.99 Å². The maximum absolute atomic E-state index is 12.8. The average molecular weight is 203 g/mol. The molecule has 0 N–H and O–H groups in total. The Kier molecular flexibility index (Phi) is 2.63. The number of halogens is 1. The lowest BCUT2D eigenvalue weighted by Crippen LogP contribution is -1.75. The van der Waals surface area contributed by atoms with Crippen LogP contribution >= 0.6 is 0 Å². The monoisotopic (exact) mass is 203 g/mol. The number of rotatable bonds is 2. The Balaban J connectivity index is 2.18. The number of furan rings is 1. The summed E-state index contributed by atoms with van der Waals surface area (Å²) in [5, 5.41) is 0. The van der Waals surface area contributed by atoms with E-state index < -0.39 is 0 Å². The van der Waals surface area contributed by atoms with Gasteiger partial charge in [0.15, 0.2) is 0 Å². The van der Waals surface area contributed by atoms with Crippen LogP contribution in [-0.2, 0) is 0 Å². The summed E-state index contributed by atoms with van der Waals surface area (Å²) in [5.74, 6) is 1.20. The van der Waals surface area contributed by atoms with Gasteiger partial charge in [-0.05, 0) is 37.3 Å². The van der Waals surface area contributed by atoms with Crippen LogP contribution in [-0.4, -0.2) is 6.21 Å². The van der Waals surface area contributed by atoms with Gasteiger partial charge in [-0.25, -0.2) is 4.39 Å². The number of benzene rings is 1. The Labute approximate surface area is 87.1 Å². The van der Waals surface area contributed by atoms with Gasteiger partial charge in [0.25, 0.3) is 0 Å². The molecule has 0 aliphatic heterocycles. The molecular weight excluding hydrogens is 193 g/mol. The molecule has 1 aromatic heterocycles. The van der Waals surface area contributed by atoms with Gasteiger partial charge in [-0.2, -0.15) is 0 Å². The standard InChI is InChI=1S/C12H10FNO/c1-9-5-6-12(15-9)8-14-11-4-2-3-10(13)7-11/h2-8H,1H3/b14-8+. The minimum Gasteiger partial charge on any atom is -0.460 e. The van der Waals surface area contributed by atoms with E-state index in [0.29, 0.717) is 11.4 Å². The molecule has 3 heteroatoms. The second-order valence-corrected chi connectivity index (χ2v) is 3.19. The van der Waals surface area contributed by atoms with Gasteiger partial charge in [0, 0.05) is 0 Å². The fraction of sp³-hybridized carbons (Fsp3) is 0.0833. The van der Waals surface area contributed by atoms with Crippen molar-refractivity contribution in [1.82, 2.24) is 0 Å². The minimum absolute atomic E-state index is 0.291. The second kappa shape index (κ2) is 4.09. The normalized spacial score (nSPS) is 11.1. The predicted molar refractivity (Wildman–Crippen MR) is 57.1 cm³/mol. The van der Waals surface area contributed by atoms with Gasteiger partial charge in [0.05, 0.1) is 11.9 Å². The highest BCUT2D eigenvalue weighted by molar-refractivity contribution is 5.78. The van der Waals surface area contributed by atoms with Crippen LogP contribution in [0.4, 0.5) is 10.1 Å². The van der Waals surface area contributed by atoms with Crippen molar-refractivity contribution < 1.29 is 8.81 Å². The van der Waals surface area contributed by atoms with Gasteiger partial charge in [-0.3, -0.25) is 4.99 Å². The highest BCUT2D eigenvalue weighted by Gasteiger charge is 1.94. The van der Waals surface area contributed by atoms with E-state index in [1.165, 1.54) is 12.1 Å². The smallest absolute Gasteiger partial charge is 0.145 e. The van der Waals surface area contributed by atoms with Crippen LogP contribution in [0, 0.1) is 12.7 Å². The van der Waals surface area contributed by atoms with Crippen LogP contribution in [0.5, 0.6) is 0 Å². The van der Waals surface area contributed by atoms with Crippen LogP contribution in [0.1, 0.15) is 11.5 Å². The van der Waals surface area contributed by atoms with Crippen molar-refractivity contribution in [2.45, 2.75) is 6.92 Å². The summed E-state index contributed by atoms with van der Waals surface area (Å²) in [6.45, 7) is 1.86. The number of aryl methyl sites for hydroxylation is 1. The van der Waals surface area contributed by atoms with Crippen molar-refractivity contribution in [1.29, 1.82) is 0 Å². The molecular formula is C12H10FNO. The van der Waals surface area contributed by atoms with E-state index in [2.05, 4.69) is 4.99 Å². The molecule has 0 atom stereocenters. The topological polar surface area (TPSA) is 25.5 Å². The third kappa shape index (κ3) is 2.53. The van der Waals surface area contributed by atoms with E-state index in [1.54, 1.807) is 18.3 Å². The number of hydrogen-bond acceptors (Lipinski definition) is 2. The first-order valence-electron chi connectivity index (χ1n) is 4.60. The fourth-order valence-corrected chi connectivity index (χ4v) is 1.22. The van der Waals surface area contributed by atoms with Gasteiger partial charge in [-0.15, -0.1) is 0 Å². The summed E-state index contributed by atoms with van der Waals surface area (Å²) >= 11 is 0. The third-order valence-electron chi connectivity index (χ3n) is 1.91. The van der Waals surface area contributed by atoms with Gasteiger partial charge in [0.2, 0.25) is 0 Å². The molecule has 0 saturated carbocycles. The van der Waals surface area contributed by atoms with Crippen LogP contribution < -0.4 is 0 Å². The number of hydrogen-bond donors (Lipinski definition) is 0. The molecule has 2 aromatic rings. The van der Waals surface area contributed by atoms with E-state index in [-0.39, 0.29) is 5.82 Å². The van der Waals surface area contributed by atoms with Crippen LogP contribution in [0.25, 0.3) is 0 Å². The molecule has 2 nitrogen and oxygen atoms in total. The second-order valence-electron chi connectivity index (χ2n) is 3.19. The maximum atomic E-state index is 12.8. The molecule has 1 heterocycles. The molecule has 1 aromatic carbocycles. The van der Waals surface area contributed by atoms with Gasteiger partial charge in [-0.1, -0.05) is 6.07 Å². The summed E-state index contributed by atoms with van der Waals surface area (Å²) < 4.78 is 18.1. The largest absolute Gasteiger partial charge is 0.460 e. The molecule has 0 saturated heterocycles. The van der Waals surface area contributed by atoms with Crippen molar-refractivity contribution in [2.75, 3.05) is 0 Å². The third-order valence-corrected chi connectivity index (χ3v) is 1.91. The molecule has 0 amide bonds. The Hall–Kier alpha value is -1.90. The molecule has 0 radical (unpaired) electrons. The van der Waals surface area contributed by atoms with Crippen molar-refractivity contribution in [3.05, 3.63) is 53.7 Å². The Morgan fingerprint density at radius 2 is 2.13 bits per heavy atom. The lowest BCUT2D eigenvalue weighted by molar-refractivity contribution is 0.528.